The minimum Gasteiger partial charge on any atom is -0.472 e. The third kappa shape index (κ3) is 1.05. The van der Waals surface area contributed by atoms with Gasteiger partial charge in [-0.15, -0.1) is 0 Å². The summed E-state index contributed by atoms with van der Waals surface area (Å²) in [5, 5.41) is 0. The van der Waals surface area contributed by atoms with Crippen molar-refractivity contribution in [2.75, 3.05) is 0 Å². The van der Waals surface area contributed by atoms with Crippen LogP contribution in [0, 0.1) is 0 Å². The van der Waals surface area contributed by atoms with Crippen molar-refractivity contribution in [2.45, 2.75) is 0 Å². The molecule has 0 aromatic carbocycles. The van der Waals surface area contributed by atoms with Gasteiger partial charge >= 0.3 is 0 Å². The summed E-state index contributed by atoms with van der Waals surface area (Å²) < 4.78 is 10.0. The predicted octanol–water partition coefficient (Wildman–Crippen LogP) is 2.35. The molecule has 0 atom stereocenters. The lowest BCUT2D eigenvalue weighted by Crippen LogP contribution is -1.68. The number of hydrogen-bond donors (Lipinski definition) is 0. The summed E-state index contributed by atoms with van der Waals surface area (Å²) in [5.41, 5.74) is 0.836. The van der Waals surface area contributed by atoms with Gasteiger partial charge in [0, 0.05) is 0 Å². The standard InChI is InChI=1S/C9H6O3/c10-5-8-1-2-9(12-8)7-3-4-11-6-7/h1-6H. The molecule has 12 heavy (non-hydrogen) atoms. The largest absolute Gasteiger partial charge is 0.472 e. The van der Waals surface area contributed by atoms with E-state index in [0.29, 0.717) is 17.8 Å². The van der Waals surface area contributed by atoms with Gasteiger partial charge in [-0.3, -0.25) is 4.79 Å². The highest BCUT2D eigenvalue weighted by atomic mass is 16.4. The molecule has 3 nitrogen and oxygen atoms in total. The summed E-state index contributed by atoms with van der Waals surface area (Å²) in [4.78, 5) is 10.3. The number of rotatable bonds is 2. The average molecular weight is 162 g/mol. The molecule has 60 valence electrons. The molecule has 0 saturated carbocycles. The van der Waals surface area contributed by atoms with Crippen molar-refractivity contribution >= 4 is 6.29 Å². The van der Waals surface area contributed by atoms with Crippen LogP contribution in [0.3, 0.4) is 0 Å². The summed E-state index contributed by atoms with van der Waals surface area (Å²) in [5.74, 6) is 0.969. The van der Waals surface area contributed by atoms with Gasteiger partial charge in [-0.05, 0) is 18.2 Å². The van der Waals surface area contributed by atoms with E-state index < -0.39 is 0 Å². The first kappa shape index (κ1) is 6.91. The zero-order valence-electron chi connectivity index (χ0n) is 6.19. The van der Waals surface area contributed by atoms with E-state index in [1.165, 1.54) is 0 Å². The minimum absolute atomic E-state index is 0.325. The van der Waals surface area contributed by atoms with Gasteiger partial charge in [-0.1, -0.05) is 0 Å². The Labute approximate surface area is 68.6 Å². The number of carbonyl (C=O) groups is 1. The zero-order chi connectivity index (χ0) is 8.39. The van der Waals surface area contributed by atoms with Crippen molar-refractivity contribution in [3.8, 4) is 11.3 Å². The Morgan fingerprint density at radius 2 is 2.17 bits per heavy atom. The normalized spacial score (nSPS) is 10.0. The van der Waals surface area contributed by atoms with E-state index in [9.17, 15) is 4.79 Å². The third-order valence-corrected chi connectivity index (χ3v) is 1.55. The SMILES string of the molecule is O=Cc1ccc(-c2ccoc2)o1. The first-order valence-electron chi connectivity index (χ1n) is 3.48. The highest BCUT2D eigenvalue weighted by Crippen LogP contribution is 2.21. The summed E-state index contributed by atoms with van der Waals surface area (Å²) in [6, 6.07) is 5.12. The molecule has 0 radical (unpaired) electrons. The molecule has 0 fully saturated rings. The monoisotopic (exact) mass is 162 g/mol. The molecule has 0 aliphatic rings. The molecule has 0 amide bonds. The first-order chi connectivity index (χ1) is 5.90. The maximum atomic E-state index is 10.3. The second kappa shape index (κ2) is 2.70. The van der Waals surface area contributed by atoms with Gasteiger partial charge < -0.3 is 8.83 Å². The lowest BCUT2D eigenvalue weighted by atomic mass is 10.3. The van der Waals surface area contributed by atoms with Crippen molar-refractivity contribution in [3.05, 3.63) is 36.5 Å². The zero-order valence-corrected chi connectivity index (χ0v) is 6.19. The fourth-order valence-corrected chi connectivity index (χ4v) is 0.976. The Morgan fingerprint density at radius 1 is 1.25 bits per heavy atom. The molecule has 0 N–H and O–H groups in total. The van der Waals surface area contributed by atoms with Crippen LogP contribution >= 0.6 is 0 Å². The van der Waals surface area contributed by atoms with E-state index in [1.54, 1.807) is 30.7 Å². The van der Waals surface area contributed by atoms with Crippen molar-refractivity contribution in [3.63, 3.8) is 0 Å². The Morgan fingerprint density at radius 3 is 2.75 bits per heavy atom. The fourth-order valence-electron chi connectivity index (χ4n) is 0.976. The van der Waals surface area contributed by atoms with Gasteiger partial charge in [0.25, 0.3) is 0 Å². The molecule has 2 aromatic rings. The van der Waals surface area contributed by atoms with Gasteiger partial charge in [0.2, 0.25) is 0 Å². The van der Waals surface area contributed by atoms with Gasteiger partial charge in [-0.2, -0.15) is 0 Å². The van der Waals surface area contributed by atoms with Crippen LogP contribution in [0.15, 0.2) is 39.6 Å². The van der Waals surface area contributed by atoms with E-state index in [0.717, 1.165) is 5.56 Å². The van der Waals surface area contributed by atoms with E-state index in [1.807, 2.05) is 0 Å². The lowest BCUT2D eigenvalue weighted by Gasteiger charge is -1.85. The van der Waals surface area contributed by atoms with Crippen molar-refractivity contribution in [2.24, 2.45) is 0 Å². The van der Waals surface area contributed by atoms with Crippen LogP contribution in [0.2, 0.25) is 0 Å². The first-order valence-corrected chi connectivity index (χ1v) is 3.48. The Hall–Kier alpha value is -1.77. The van der Waals surface area contributed by atoms with Crippen LogP contribution in [0.25, 0.3) is 11.3 Å². The van der Waals surface area contributed by atoms with E-state index >= 15 is 0 Å². The number of hydrogen-bond acceptors (Lipinski definition) is 3. The molecule has 0 aliphatic carbocycles. The van der Waals surface area contributed by atoms with Gasteiger partial charge in [-0.25, -0.2) is 0 Å². The Balaban J connectivity index is 2.41. The molecule has 2 heterocycles. The highest BCUT2D eigenvalue weighted by Gasteiger charge is 2.03. The molecule has 3 heteroatoms. The summed E-state index contributed by atoms with van der Waals surface area (Å²) in [6.45, 7) is 0. The average Bonchev–Trinajstić information content (AvgIpc) is 2.75. The van der Waals surface area contributed by atoms with Crippen LogP contribution in [0.5, 0.6) is 0 Å². The van der Waals surface area contributed by atoms with Crippen LogP contribution in [-0.2, 0) is 0 Å². The van der Waals surface area contributed by atoms with Crippen LogP contribution in [-0.4, -0.2) is 6.29 Å². The van der Waals surface area contributed by atoms with E-state index in [2.05, 4.69) is 0 Å². The Kier molecular flexibility index (Phi) is 1.55. The van der Waals surface area contributed by atoms with Gasteiger partial charge in [0.15, 0.2) is 12.0 Å². The summed E-state index contributed by atoms with van der Waals surface area (Å²) >= 11 is 0. The second-order valence-corrected chi connectivity index (χ2v) is 2.33. The topological polar surface area (TPSA) is 43.4 Å². The molecule has 2 rings (SSSR count). The van der Waals surface area contributed by atoms with Gasteiger partial charge in [0.05, 0.1) is 11.8 Å². The van der Waals surface area contributed by atoms with E-state index in [4.69, 9.17) is 8.83 Å². The van der Waals surface area contributed by atoms with E-state index in [-0.39, 0.29) is 0 Å². The molecule has 0 spiro atoms. The summed E-state index contributed by atoms with van der Waals surface area (Å²) in [6.07, 6.45) is 3.79. The molecular formula is C9H6O3. The number of carbonyl (C=O) groups excluding carboxylic acids is 1. The molecule has 0 unspecified atom stereocenters. The van der Waals surface area contributed by atoms with Crippen LogP contribution in [0.1, 0.15) is 10.6 Å². The highest BCUT2D eigenvalue weighted by molar-refractivity contribution is 5.72. The smallest absolute Gasteiger partial charge is 0.185 e. The molecular weight excluding hydrogens is 156 g/mol. The number of aldehydes is 1. The van der Waals surface area contributed by atoms with Crippen molar-refractivity contribution in [1.82, 2.24) is 0 Å². The lowest BCUT2D eigenvalue weighted by molar-refractivity contribution is 0.110. The number of furan rings is 2. The van der Waals surface area contributed by atoms with Crippen molar-refractivity contribution < 1.29 is 13.6 Å². The quantitative estimate of drug-likeness (QED) is 0.636. The molecule has 2 aromatic heterocycles. The van der Waals surface area contributed by atoms with Crippen LogP contribution in [0.4, 0.5) is 0 Å². The maximum Gasteiger partial charge on any atom is 0.185 e. The maximum absolute atomic E-state index is 10.3. The third-order valence-electron chi connectivity index (χ3n) is 1.55. The van der Waals surface area contributed by atoms with Crippen molar-refractivity contribution in [1.29, 1.82) is 0 Å². The van der Waals surface area contributed by atoms with Crippen LogP contribution < -0.4 is 0 Å². The molecule has 0 bridgehead atoms. The fraction of sp³-hybridized carbons (Fsp3) is 0. The molecule has 0 aliphatic heterocycles. The molecule has 0 saturated heterocycles. The summed E-state index contributed by atoms with van der Waals surface area (Å²) in [7, 11) is 0. The second-order valence-electron chi connectivity index (χ2n) is 2.33. The Bertz CT molecular complexity index is 370. The van der Waals surface area contributed by atoms with Gasteiger partial charge in [0.1, 0.15) is 12.0 Å². The predicted molar refractivity (Wildman–Crippen MR) is 41.8 cm³/mol. The minimum atomic E-state index is 0.325.